The lowest BCUT2D eigenvalue weighted by Gasteiger charge is -2.24. The number of ether oxygens (including phenoxy) is 1. The van der Waals surface area contributed by atoms with Crippen LogP contribution in [0, 0.1) is 0 Å². The van der Waals surface area contributed by atoms with Crippen molar-refractivity contribution in [1.82, 2.24) is 15.2 Å². The molecule has 1 saturated heterocycles. The molecule has 1 aliphatic heterocycles. The van der Waals surface area contributed by atoms with Crippen molar-refractivity contribution in [3.8, 4) is 0 Å². The SMILES string of the molecule is CN(Cc1ccncc1Nc1cccc(Cl)c1)C(=O)N[C@@H]1COCC1(F)F. The Hall–Kier alpha value is -2.45. The minimum Gasteiger partial charge on any atom is -0.373 e. The fraction of sp³-hybridized carbons (Fsp3) is 0.333. The number of urea groups is 1. The monoisotopic (exact) mass is 396 g/mol. The molecule has 1 aliphatic rings. The number of hydrogen-bond donors (Lipinski definition) is 2. The summed E-state index contributed by atoms with van der Waals surface area (Å²) in [5.41, 5.74) is 2.23. The van der Waals surface area contributed by atoms with Crippen molar-refractivity contribution in [3.63, 3.8) is 0 Å². The van der Waals surface area contributed by atoms with Crippen molar-refractivity contribution in [2.75, 3.05) is 25.6 Å². The van der Waals surface area contributed by atoms with E-state index in [2.05, 4.69) is 15.6 Å². The number of rotatable bonds is 5. The topological polar surface area (TPSA) is 66.5 Å². The number of anilines is 2. The van der Waals surface area contributed by atoms with Gasteiger partial charge < -0.3 is 20.3 Å². The number of pyridine rings is 1. The van der Waals surface area contributed by atoms with E-state index >= 15 is 0 Å². The van der Waals surface area contributed by atoms with E-state index in [1.54, 1.807) is 30.6 Å². The number of nitrogens with zero attached hydrogens (tertiary/aromatic N) is 2. The van der Waals surface area contributed by atoms with E-state index < -0.39 is 24.6 Å². The van der Waals surface area contributed by atoms with Gasteiger partial charge in [-0.1, -0.05) is 17.7 Å². The summed E-state index contributed by atoms with van der Waals surface area (Å²) in [6.45, 7) is -0.681. The Kier molecular flexibility index (Phi) is 5.76. The van der Waals surface area contributed by atoms with Crippen LogP contribution >= 0.6 is 11.6 Å². The third kappa shape index (κ3) is 4.84. The van der Waals surface area contributed by atoms with Gasteiger partial charge in [0.05, 0.1) is 18.5 Å². The van der Waals surface area contributed by atoms with Crippen LogP contribution in [-0.4, -0.2) is 48.1 Å². The lowest BCUT2D eigenvalue weighted by Crippen LogP contribution is -2.50. The Morgan fingerprint density at radius 2 is 2.26 bits per heavy atom. The van der Waals surface area contributed by atoms with Gasteiger partial charge in [-0.05, 0) is 29.8 Å². The summed E-state index contributed by atoms with van der Waals surface area (Å²) in [6.07, 6.45) is 3.23. The number of nitrogens with one attached hydrogen (secondary N) is 2. The van der Waals surface area contributed by atoms with Crippen molar-refractivity contribution < 1.29 is 18.3 Å². The minimum atomic E-state index is -3.06. The van der Waals surface area contributed by atoms with E-state index in [0.29, 0.717) is 10.7 Å². The molecule has 2 aromatic rings. The Morgan fingerprint density at radius 1 is 1.44 bits per heavy atom. The molecule has 1 fully saturated rings. The molecule has 2 heterocycles. The minimum absolute atomic E-state index is 0.205. The van der Waals surface area contributed by atoms with Gasteiger partial charge >= 0.3 is 6.03 Å². The van der Waals surface area contributed by atoms with Crippen LogP contribution in [0.15, 0.2) is 42.7 Å². The van der Waals surface area contributed by atoms with Crippen LogP contribution in [0.1, 0.15) is 5.56 Å². The zero-order valence-corrected chi connectivity index (χ0v) is 15.3. The summed E-state index contributed by atoms with van der Waals surface area (Å²) in [5, 5.41) is 6.11. The lowest BCUT2D eigenvalue weighted by molar-refractivity contribution is -0.0222. The summed E-state index contributed by atoms with van der Waals surface area (Å²) in [4.78, 5) is 17.7. The third-order valence-corrected chi connectivity index (χ3v) is 4.39. The van der Waals surface area contributed by atoms with Gasteiger partial charge in [0.25, 0.3) is 5.92 Å². The summed E-state index contributed by atoms with van der Waals surface area (Å²) in [5.74, 6) is -3.06. The van der Waals surface area contributed by atoms with E-state index in [9.17, 15) is 13.6 Å². The van der Waals surface area contributed by atoms with Crippen LogP contribution in [0.4, 0.5) is 25.0 Å². The molecule has 0 aliphatic carbocycles. The van der Waals surface area contributed by atoms with Crippen LogP contribution < -0.4 is 10.6 Å². The van der Waals surface area contributed by atoms with Crippen molar-refractivity contribution in [1.29, 1.82) is 0 Å². The Labute approximate surface area is 160 Å². The molecule has 2 N–H and O–H groups in total. The van der Waals surface area contributed by atoms with Crippen molar-refractivity contribution in [2.45, 2.75) is 18.5 Å². The largest absolute Gasteiger partial charge is 0.373 e. The first-order valence-corrected chi connectivity index (χ1v) is 8.65. The highest BCUT2D eigenvalue weighted by molar-refractivity contribution is 6.30. The highest BCUT2D eigenvalue weighted by Gasteiger charge is 2.46. The van der Waals surface area contributed by atoms with Crippen LogP contribution in [0.25, 0.3) is 0 Å². The second kappa shape index (κ2) is 8.06. The molecule has 9 heteroatoms. The fourth-order valence-corrected chi connectivity index (χ4v) is 2.85. The van der Waals surface area contributed by atoms with E-state index in [-0.39, 0.29) is 13.2 Å². The van der Waals surface area contributed by atoms with Gasteiger partial charge in [0, 0.05) is 30.5 Å². The molecule has 1 aromatic carbocycles. The van der Waals surface area contributed by atoms with Crippen molar-refractivity contribution in [3.05, 3.63) is 53.3 Å². The predicted molar refractivity (Wildman–Crippen MR) is 98.5 cm³/mol. The molecule has 0 bridgehead atoms. The molecular weight excluding hydrogens is 378 g/mol. The normalized spacial score (nSPS) is 18.1. The van der Waals surface area contributed by atoms with Gasteiger partial charge in [-0.25, -0.2) is 13.6 Å². The second-order valence-electron chi connectivity index (χ2n) is 6.30. The molecule has 6 nitrogen and oxygen atoms in total. The number of aromatic nitrogens is 1. The maximum Gasteiger partial charge on any atom is 0.317 e. The standard InChI is InChI=1S/C18H19ClF2N4O2/c1-25(17(26)24-16-10-27-11-18(16,20)21)9-12-5-6-22-8-15(12)23-14-4-2-3-13(19)7-14/h2-8,16,23H,9-11H2,1H3,(H,24,26)/t16-/m1/s1. The second-order valence-corrected chi connectivity index (χ2v) is 6.74. The molecule has 0 unspecified atom stereocenters. The number of benzene rings is 1. The van der Waals surface area contributed by atoms with Gasteiger partial charge in [-0.2, -0.15) is 0 Å². The smallest absolute Gasteiger partial charge is 0.317 e. The Balaban J connectivity index is 1.67. The lowest BCUT2D eigenvalue weighted by atomic mass is 10.2. The van der Waals surface area contributed by atoms with Crippen molar-refractivity contribution in [2.24, 2.45) is 0 Å². The van der Waals surface area contributed by atoms with Crippen LogP contribution in [0.3, 0.4) is 0 Å². The van der Waals surface area contributed by atoms with Gasteiger partial charge in [-0.3, -0.25) is 4.98 Å². The number of carbonyl (C=O) groups excluding carboxylic acids is 1. The summed E-state index contributed by atoms with van der Waals surface area (Å²) < 4.78 is 32.0. The number of hydrogen-bond acceptors (Lipinski definition) is 4. The molecule has 144 valence electrons. The quantitative estimate of drug-likeness (QED) is 0.809. The van der Waals surface area contributed by atoms with Gasteiger partial charge in [0.1, 0.15) is 12.6 Å². The van der Waals surface area contributed by atoms with E-state index in [4.69, 9.17) is 16.3 Å². The number of carbonyl (C=O) groups is 1. The highest BCUT2D eigenvalue weighted by Crippen LogP contribution is 2.26. The first kappa shape index (κ1) is 19.3. The summed E-state index contributed by atoms with van der Waals surface area (Å²) in [7, 11) is 1.53. The summed E-state index contributed by atoms with van der Waals surface area (Å²) in [6, 6.07) is 7.01. The predicted octanol–water partition coefficient (Wildman–Crippen LogP) is 3.65. The van der Waals surface area contributed by atoms with E-state index in [1.807, 2.05) is 12.1 Å². The zero-order chi connectivity index (χ0) is 19.4. The molecule has 0 saturated carbocycles. The van der Waals surface area contributed by atoms with Gasteiger partial charge in [0.15, 0.2) is 0 Å². The zero-order valence-electron chi connectivity index (χ0n) is 14.6. The average Bonchev–Trinajstić information content (AvgIpc) is 2.95. The van der Waals surface area contributed by atoms with Crippen LogP contribution in [0.5, 0.6) is 0 Å². The fourth-order valence-electron chi connectivity index (χ4n) is 2.66. The molecule has 3 rings (SSSR count). The highest BCUT2D eigenvalue weighted by atomic mass is 35.5. The number of alkyl halides is 2. The van der Waals surface area contributed by atoms with Crippen LogP contribution in [0.2, 0.25) is 5.02 Å². The first-order valence-electron chi connectivity index (χ1n) is 8.28. The Morgan fingerprint density at radius 3 is 2.96 bits per heavy atom. The number of amides is 2. The summed E-state index contributed by atoms with van der Waals surface area (Å²) >= 11 is 5.99. The molecule has 1 atom stereocenters. The maximum absolute atomic E-state index is 13.6. The molecule has 0 radical (unpaired) electrons. The molecule has 1 aromatic heterocycles. The maximum atomic E-state index is 13.6. The first-order chi connectivity index (χ1) is 12.8. The van der Waals surface area contributed by atoms with E-state index in [1.165, 1.54) is 11.9 Å². The Bertz CT molecular complexity index is 821. The van der Waals surface area contributed by atoms with E-state index in [0.717, 1.165) is 11.3 Å². The molecule has 27 heavy (non-hydrogen) atoms. The van der Waals surface area contributed by atoms with Gasteiger partial charge in [-0.15, -0.1) is 0 Å². The molecular formula is C18H19ClF2N4O2. The van der Waals surface area contributed by atoms with Gasteiger partial charge in [0.2, 0.25) is 0 Å². The average molecular weight is 397 g/mol. The number of halogens is 3. The molecule has 2 amide bonds. The third-order valence-electron chi connectivity index (χ3n) is 4.16. The van der Waals surface area contributed by atoms with Crippen LogP contribution in [-0.2, 0) is 11.3 Å². The molecule has 0 spiro atoms. The van der Waals surface area contributed by atoms with Crippen molar-refractivity contribution >= 4 is 29.0 Å².